The van der Waals surface area contributed by atoms with Crippen LogP contribution in [0.3, 0.4) is 0 Å². The molecular weight excluding hydrogens is 242 g/mol. The largest absolute Gasteiger partial charge is 0.452 e. The second-order valence-electron chi connectivity index (χ2n) is 4.54. The van der Waals surface area contributed by atoms with Crippen molar-refractivity contribution >= 4 is 11.8 Å². The fourth-order valence-electron chi connectivity index (χ4n) is 2.09. The lowest BCUT2D eigenvalue weighted by Gasteiger charge is -2.27. The topological polar surface area (TPSA) is 53.9 Å². The molecule has 1 fully saturated rings. The molecule has 1 aliphatic rings. The first-order valence-corrected chi connectivity index (χ1v) is 6.43. The molecule has 1 N–H and O–H groups in total. The van der Waals surface area contributed by atoms with E-state index in [4.69, 9.17) is 0 Å². The van der Waals surface area contributed by atoms with E-state index in [2.05, 4.69) is 44.4 Å². The molecular formula is C14H19N3O2. The van der Waals surface area contributed by atoms with Crippen LogP contribution in [0.15, 0.2) is 35.4 Å². The molecule has 1 saturated heterocycles. The monoisotopic (exact) mass is 261 g/mol. The lowest BCUT2D eigenvalue weighted by molar-refractivity contribution is 0.171. The Bertz CT molecular complexity index is 435. The summed E-state index contributed by atoms with van der Waals surface area (Å²) in [6, 6.07) is 10.4. The third kappa shape index (κ3) is 4.37. The van der Waals surface area contributed by atoms with Gasteiger partial charge in [0.15, 0.2) is 0 Å². The van der Waals surface area contributed by atoms with Crippen LogP contribution in [0.5, 0.6) is 0 Å². The minimum absolute atomic E-state index is 0.515. The quantitative estimate of drug-likeness (QED) is 0.847. The number of carbonyl (C=O) groups is 1. The molecule has 2 rings (SSSR count). The number of likely N-dealkylation sites (tertiary alicyclic amines) is 1. The van der Waals surface area contributed by atoms with Crippen molar-refractivity contribution in [3.8, 4) is 0 Å². The van der Waals surface area contributed by atoms with Gasteiger partial charge in [-0.1, -0.05) is 30.3 Å². The lowest BCUT2D eigenvalue weighted by atomic mass is 10.1. The molecule has 5 heteroatoms. The van der Waals surface area contributed by atoms with Crippen LogP contribution in [-0.4, -0.2) is 36.9 Å². The predicted molar refractivity (Wildman–Crippen MR) is 73.9 cm³/mol. The van der Waals surface area contributed by atoms with Gasteiger partial charge in [0, 0.05) is 38.2 Å². The van der Waals surface area contributed by atoms with Crippen LogP contribution >= 0.6 is 0 Å². The van der Waals surface area contributed by atoms with Crippen LogP contribution < -0.4 is 5.43 Å². The summed E-state index contributed by atoms with van der Waals surface area (Å²) < 4.78 is 4.47. The highest BCUT2D eigenvalue weighted by Crippen LogP contribution is 2.11. The molecule has 0 saturated carbocycles. The van der Waals surface area contributed by atoms with Gasteiger partial charge in [-0.15, -0.1) is 0 Å². The van der Waals surface area contributed by atoms with Crippen LogP contribution in [0.4, 0.5) is 4.79 Å². The summed E-state index contributed by atoms with van der Waals surface area (Å²) in [5.74, 6) is 0. The molecule has 0 aromatic heterocycles. The number of methoxy groups -OCH3 is 1. The molecule has 1 aromatic carbocycles. The Balaban J connectivity index is 1.78. The van der Waals surface area contributed by atoms with Crippen LogP contribution in [0, 0.1) is 0 Å². The number of hydrogen-bond donors (Lipinski definition) is 1. The fraction of sp³-hybridized carbons (Fsp3) is 0.429. The zero-order valence-corrected chi connectivity index (χ0v) is 11.1. The molecule has 1 aliphatic heterocycles. The number of rotatable bonds is 3. The molecule has 102 valence electrons. The Morgan fingerprint density at radius 2 is 2.00 bits per heavy atom. The van der Waals surface area contributed by atoms with E-state index in [1.165, 1.54) is 12.7 Å². The molecule has 0 bridgehead atoms. The van der Waals surface area contributed by atoms with Crippen molar-refractivity contribution in [3.63, 3.8) is 0 Å². The third-order valence-corrected chi connectivity index (χ3v) is 3.17. The minimum Gasteiger partial charge on any atom is -0.452 e. The van der Waals surface area contributed by atoms with Crippen molar-refractivity contribution in [2.24, 2.45) is 5.10 Å². The van der Waals surface area contributed by atoms with Gasteiger partial charge in [0.1, 0.15) is 0 Å². The van der Waals surface area contributed by atoms with E-state index in [1.54, 1.807) is 0 Å². The highest BCUT2D eigenvalue weighted by Gasteiger charge is 2.15. The molecule has 5 nitrogen and oxygen atoms in total. The van der Waals surface area contributed by atoms with Crippen molar-refractivity contribution in [3.05, 3.63) is 35.9 Å². The SMILES string of the molecule is COC(=O)NN=C1CCN(Cc2ccccc2)CC1. The number of ether oxygens (including phenoxy) is 1. The van der Waals surface area contributed by atoms with Gasteiger partial charge < -0.3 is 4.74 Å². The standard InChI is InChI=1S/C14H19N3O2/c1-19-14(18)16-15-13-7-9-17(10-8-13)11-12-5-3-2-4-6-12/h2-6H,7-11H2,1H3,(H,16,18). The molecule has 0 aliphatic carbocycles. The minimum atomic E-state index is -0.515. The van der Waals surface area contributed by atoms with Gasteiger partial charge in [-0.25, -0.2) is 10.2 Å². The normalized spacial score (nSPS) is 15.9. The van der Waals surface area contributed by atoms with E-state index in [-0.39, 0.29) is 0 Å². The Labute approximate surface area is 113 Å². The summed E-state index contributed by atoms with van der Waals surface area (Å²) in [7, 11) is 1.33. The van der Waals surface area contributed by atoms with E-state index in [9.17, 15) is 4.79 Å². The van der Waals surface area contributed by atoms with Crippen LogP contribution in [0.2, 0.25) is 0 Å². The summed E-state index contributed by atoms with van der Waals surface area (Å²) in [5, 5.41) is 4.06. The molecule has 1 aromatic rings. The summed E-state index contributed by atoms with van der Waals surface area (Å²) in [6.07, 6.45) is 1.26. The molecule has 0 atom stereocenters. The average Bonchev–Trinajstić information content (AvgIpc) is 2.47. The molecule has 0 radical (unpaired) electrons. The average molecular weight is 261 g/mol. The van der Waals surface area contributed by atoms with Crippen molar-refractivity contribution in [1.82, 2.24) is 10.3 Å². The van der Waals surface area contributed by atoms with E-state index in [0.29, 0.717) is 0 Å². The first-order chi connectivity index (χ1) is 9.28. The third-order valence-electron chi connectivity index (χ3n) is 3.17. The molecule has 1 amide bonds. The number of amides is 1. The fourth-order valence-corrected chi connectivity index (χ4v) is 2.09. The Morgan fingerprint density at radius 1 is 1.32 bits per heavy atom. The van der Waals surface area contributed by atoms with Crippen molar-refractivity contribution in [2.75, 3.05) is 20.2 Å². The molecule has 19 heavy (non-hydrogen) atoms. The zero-order chi connectivity index (χ0) is 13.5. The Hall–Kier alpha value is -1.88. The van der Waals surface area contributed by atoms with E-state index < -0.39 is 6.09 Å². The second-order valence-corrected chi connectivity index (χ2v) is 4.54. The first kappa shape index (κ1) is 13.5. The van der Waals surface area contributed by atoms with Crippen molar-refractivity contribution in [2.45, 2.75) is 19.4 Å². The van der Waals surface area contributed by atoms with Gasteiger partial charge in [-0.05, 0) is 5.56 Å². The van der Waals surface area contributed by atoms with Crippen LogP contribution in [-0.2, 0) is 11.3 Å². The smallest absolute Gasteiger partial charge is 0.427 e. The number of piperidine rings is 1. The second kappa shape index (κ2) is 6.89. The van der Waals surface area contributed by atoms with Crippen molar-refractivity contribution in [1.29, 1.82) is 0 Å². The summed E-state index contributed by atoms with van der Waals surface area (Å²) >= 11 is 0. The Morgan fingerprint density at radius 3 is 2.63 bits per heavy atom. The highest BCUT2D eigenvalue weighted by atomic mass is 16.5. The summed E-state index contributed by atoms with van der Waals surface area (Å²) in [4.78, 5) is 13.3. The number of hydrazone groups is 1. The van der Waals surface area contributed by atoms with Gasteiger partial charge in [0.05, 0.1) is 7.11 Å². The summed E-state index contributed by atoms with van der Waals surface area (Å²) in [6.45, 7) is 2.91. The number of benzene rings is 1. The molecule has 0 unspecified atom stereocenters. The van der Waals surface area contributed by atoms with Crippen molar-refractivity contribution < 1.29 is 9.53 Å². The number of nitrogens with one attached hydrogen (secondary N) is 1. The van der Waals surface area contributed by atoms with Gasteiger partial charge in [-0.2, -0.15) is 5.10 Å². The maximum atomic E-state index is 10.9. The van der Waals surface area contributed by atoms with Crippen LogP contribution in [0.1, 0.15) is 18.4 Å². The first-order valence-electron chi connectivity index (χ1n) is 6.43. The Kier molecular flexibility index (Phi) is 4.92. The number of nitrogens with zero attached hydrogens (tertiary/aromatic N) is 2. The molecule has 1 heterocycles. The van der Waals surface area contributed by atoms with E-state index in [1.807, 2.05) is 6.07 Å². The van der Waals surface area contributed by atoms with E-state index in [0.717, 1.165) is 38.2 Å². The maximum absolute atomic E-state index is 10.9. The predicted octanol–water partition coefficient (Wildman–Crippen LogP) is 1.99. The van der Waals surface area contributed by atoms with E-state index >= 15 is 0 Å². The summed E-state index contributed by atoms with van der Waals surface area (Å²) in [5.41, 5.74) is 4.73. The molecule has 0 spiro atoms. The van der Waals surface area contributed by atoms with Gasteiger partial charge in [-0.3, -0.25) is 4.90 Å². The zero-order valence-electron chi connectivity index (χ0n) is 11.1. The lowest BCUT2D eigenvalue weighted by Crippen LogP contribution is -2.34. The van der Waals surface area contributed by atoms with Gasteiger partial charge in [0.2, 0.25) is 0 Å². The highest BCUT2D eigenvalue weighted by molar-refractivity contribution is 5.86. The van der Waals surface area contributed by atoms with Crippen LogP contribution in [0.25, 0.3) is 0 Å². The number of carbonyl (C=O) groups excluding carboxylic acids is 1. The van der Waals surface area contributed by atoms with Gasteiger partial charge in [0.25, 0.3) is 0 Å². The van der Waals surface area contributed by atoms with Gasteiger partial charge >= 0.3 is 6.09 Å². The number of hydrogen-bond acceptors (Lipinski definition) is 4. The maximum Gasteiger partial charge on any atom is 0.427 e.